The van der Waals surface area contributed by atoms with E-state index in [2.05, 4.69) is 36.3 Å². The highest BCUT2D eigenvalue weighted by Gasteiger charge is 2.31. The van der Waals surface area contributed by atoms with Gasteiger partial charge < -0.3 is 19.1 Å². The molecule has 2 aliphatic rings. The van der Waals surface area contributed by atoms with Gasteiger partial charge in [-0.15, -0.1) is 11.3 Å². The minimum absolute atomic E-state index is 0.0346. The first-order valence-corrected chi connectivity index (χ1v) is 13.4. The minimum atomic E-state index is -0.483. The average Bonchev–Trinajstić information content (AvgIpc) is 3.37. The van der Waals surface area contributed by atoms with Crippen LogP contribution in [0.25, 0.3) is 11.3 Å². The number of morpholine rings is 1. The van der Waals surface area contributed by atoms with Crippen LogP contribution in [0, 0.1) is 5.92 Å². The monoisotopic (exact) mass is 507 g/mol. The summed E-state index contributed by atoms with van der Waals surface area (Å²) in [4.78, 5) is 22.6. The number of hydrogen-bond acceptors (Lipinski definition) is 7. The van der Waals surface area contributed by atoms with Crippen molar-refractivity contribution >= 4 is 17.2 Å². The van der Waals surface area contributed by atoms with Gasteiger partial charge in [0, 0.05) is 37.1 Å². The summed E-state index contributed by atoms with van der Waals surface area (Å²) < 4.78 is 17.4. The third kappa shape index (κ3) is 6.06. The summed E-state index contributed by atoms with van der Waals surface area (Å²) in [6, 6.07) is 16.1. The van der Waals surface area contributed by atoms with E-state index in [0.29, 0.717) is 45.4 Å². The maximum absolute atomic E-state index is 13.6. The van der Waals surface area contributed by atoms with Gasteiger partial charge in [0.2, 0.25) is 0 Å². The van der Waals surface area contributed by atoms with Crippen molar-refractivity contribution in [2.75, 3.05) is 39.5 Å². The van der Waals surface area contributed by atoms with Gasteiger partial charge in [0.05, 0.1) is 18.8 Å². The SMILES string of the molecule is CC(C)CN(Cc1ccc2c(c1)OCCO2)C(=O)C1CN(Cc2nc(-c3ccccc3)cs2)CCO1. The standard InChI is InChI=1S/C28H33N3O4S/c1-20(2)15-31(16-21-8-9-24-25(14-21)35-13-12-34-24)28(32)26-17-30(10-11-33-26)18-27-29-23(19-36-27)22-6-4-3-5-7-22/h3-9,14,19-20,26H,10-13,15-18H2,1-2H3. The summed E-state index contributed by atoms with van der Waals surface area (Å²) in [6.07, 6.45) is -0.483. The lowest BCUT2D eigenvalue weighted by Crippen LogP contribution is -2.51. The van der Waals surface area contributed by atoms with E-state index in [1.54, 1.807) is 11.3 Å². The normalized spacial score (nSPS) is 17.8. The molecule has 1 unspecified atom stereocenters. The van der Waals surface area contributed by atoms with Crippen LogP contribution in [-0.2, 0) is 22.6 Å². The lowest BCUT2D eigenvalue weighted by atomic mass is 10.1. The van der Waals surface area contributed by atoms with Crippen molar-refractivity contribution in [1.29, 1.82) is 0 Å². The molecule has 8 heteroatoms. The molecule has 3 aromatic rings. The Morgan fingerprint density at radius 3 is 2.72 bits per heavy atom. The number of nitrogens with zero attached hydrogens (tertiary/aromatic N) is 3. The van der Waals surface area contributed by atoms with Crippen LogP contribution in [0.4, 0.5) is 0 Å². The van der Waals surface area contributed by atoms with Crippen molar-refractivity contribution in [3.8, 4) is 22.8 Å². The Kier molecular flexibility index (Phi) is 7.84. The zero-order valence-corrected chi connectivity index (χ0v) is 21.7. The van der Waals surface area contributed by atoms with E-state index in [1.165, 1.54) is 0 Å². The summed E-state index contributed by atoms with van der Waals surface area (Å²) in [5.41, 5.74) is 3.15. The molecule has 1 saturated heterocycles. The van der Waals surface area contributed by atoms with Gasteiger partial charge in [-0.1, -0.05) is 50.2 Å². The molecule has 0 N–H and O–H groups in total. The molecule has 0 radical (unpaired) electrons. The Balaban J connectivity index is 1.24. The molecule has 190 valence electrons. The van der Waals surface area contributed by atoms with Crippen LogP contribution in [-0.4, -0.2) is 66.2 Å². The molecule has 1 fully saturated rings. The predicted molar refractivity (Wildman–Crippen MR) is 140 cm³/mol. The van der Waals surface area contributed by atoms with Gasteiger partial charge in [-0.2, -0.15) is 0 Å². The molecule has 3 heterocycles. The summed E-state index contributed by atoms with van der Waals surface area (Å²) >= 11 is 1.66. The zero-order valence-electron chi connectivity index (χ0n) is 20.9. The highest BCUT2D eigenvalue weighted by atomic mass is 32.1. The largest absolute Gasteiger partial charge is 0.486 e. The van der Waals surface area contributed by atoms with Crippen LogP contribution in [0.3, 0.4) is 0 Å². The van der Waals surface area contributed by atoms with E-state index in [4.69, 9.17) is 19.2 Å². The first-order valence-electron chi connectivity index (χ1n) is 12.6. The van der Waals surface area contributed by atoms with Crippen molar-refractivity contribution in [2.45, 2.75) is 33.0 Å². The van der Waals surface area contributed by atoms with Crippen molar-refractivity contribution in [3.63, 3.8) is 0 Å². The maximum Gasteiger partial charge on any atom is 0.253 e. The van der Waals surface area contributed by atoms with Gasteiger partial charge in [-0.3, -0.25) is 9.69 Å². The predicted octanol–water partition coefficient (Wildman–Crippen LogP) is 4.47. The van der Waals surface area contributed by atoms with Crippen LogP contribution in [0.15, 0.2) is 53.9 Å². The smallest absolute Gasteiger partial charge is 0.253 e. The second-order valence-corrected chi connectivity index (χ2v) is 10.6. The minimum Gasteiger partial charge on any atom is -0.486 e. The van der Waals surface area contributed by atoms with Crippen molar-refractivity contribution in [1.82, 2.24) is 14.8 Å². The Morgan fingerprint density at radius 2 is 1.92 bits per heavy atom. The van der Waals surface area contributed by atoms with Crippen LogP contribution in [0.2, 0.25) is 0 Å². The van der Waals surface area contributed by atoms with Gasteiger partial charge in [0.25, 0.3) is 5.91 Å². The second-order valence-electron chi connectivity index (χ2n) is 9.68. The van der Waals surface area contributed by atoms with E-state index < -0.39 is 6.10 Å². The molecular weight excluding hydrogens is 474 g/mol. The summed E-state index contributed by atoms with van der Waals surface area (Å²) in [5, 5.41) is 3.16. The Hall–Kier alpha value is -2.94. The van der Waals surface area contributed by atoms with Gasteiger partial charge in [-0.25, -0.2) is 4.98 Å². The molecule has 36 heavy (non-hydrogen) atoms. The van der Waals surface area contributed by atoms with Gasteiger partial charge in [0.1, 0.15) is 24.3 Å². The first kappa shape index (κ1) is 24.7. The summed E-state index contributed by atoms with van der Waals surface area (Å²) in [7, 11) is 0. The number of carbonyl (C=O) groups is 1. The van der Waals surface area contributed by atoms with Gasteiger partial charge >= 0.3 is 0 Å². The molecule has 2 aromatic carbocycles. The van der Waals surface area contributed by atoms with Crippen LogP contribution in [0.1, 0.15) is 24.4 Å². The van der Waals surface area contributed by atoms with E-state index in [9.17, 15) is 4.79 Å². The molecule has 0 spiro atoms. The molecular formula is C28H33N3O4S. The number of aromatic nitrogens is 1. The summed E-state index contributed by atoms with van der Waals surface area (Å²) in [5.74, 6) is 1.88. The van der Waals surface area contributed by atoms with Gasteiger partial charge in [0.15, 0.2) is 11.5 Å². The van der Waals surface area contributed by atoms with Crippen molar-refractivity contribution in [3.05, 3.63) is 64.5 Å². The third-order valence-electron chi connectivity index (χ3n) is 6.28. The molecule has 1 amide bonds. The lowest BCUT2D eigenvalue weighted by molar-refractivity contribution is -0.151. The third-order valence-corrected chi connectivity index (χ3v) is 7.12. The van der Waals surface area contributed by atoms with Crippen LogP contribution < -0.4 is 9.47 Å². The second kappa shape index (κ2) is 11.4. The number of thiazole rings is 1. The van der Waals surface area contributed by atoms with E-state index >= 15 is 0 Å². The summed E-state index contributed by atoms with van der Waals surface area (Å²) in [6.45, 7) is 9.16. The fraction of sp³-hybridized carbons (Fsp3) is 0.429. The van der Waals surface area contributed by atoms with Crippen molar-refractivity contribution in [2.24, 2.45) is 5.92 Å². The van der Waals surface area contributed by atoms with Crippen LogP contribution >= 0.6 is 11.3 Å². The number of fused-ring (bicyclic) bond motifs is 1. The van der Waals surface area contributed by atoms with Gasteiger partial charge in [-0.05, 0) is 23.6 Å². The van der Waals surface area contributed by atoms with Crippen molar-refractivity contribution < 1.29 is 19.0 Å². The molecule has 2 aliphatic heterocycles. The number of carbonyl (C=O) groups excluding carboxylic acids is 1. The molecule has 0 saturated carbocycles. The zero-order chi connectivity index (χ0) is 24.9. The molecule has 7 nitrogen and oxygen atoms in total. The fourth-order valence-corrected chi connectivity index (χ4v) is 5.44. The highest BCUT2D eigenvalue weighted by molar-refractivity contribution is 7.09. The Morgan fingerprint density at radius 1 is 1.11 bits per heavy atom. The maximum atomic E-state index is 13.6. The quantitative estimate of drug-likeness (QED) is 0.448. The molecule has 0 bridgehead atoms. The highest BCUT2D eigenvalue weighted by Crippen LogP contribution is 2.31. The number of hydrogen-bond donors (Lipinski definition) is 0. The number of amides is 1. The van der Waals surface area contributed by atoms with E-state index in [-0.39, 0.29) is 5.91 Å². The first-order chi connectivity index (χ1) is 17.5. The molecule has 1 atom stereocenters. The number of rotatable bonds is 8. The number of ether oxygens (including phenoxy) is 3. The van der Waals surface area contributed by atoms with E-state index in [1.807, 2.05) is 41.3 Å². The van der Waals surface area contributed by atoms with Crippen LogP contribution in [0.5, 0.6) is 11.5 Å². The Labute approximate surface area is 216 Å². The lowest BCUT2D eigenvalue weighted by Gasteiger charge is -2.35. The Bertz CT molecular complexity index is 1170. The average molecular weight is 508 g/mol. The topological polar surface area (TPSA) is 64.1 Å². The fourth-order valence-electron chi connectivity index (χ4n) is 4.60. The molecule has 0 aliphatic carbocycles. The number of benzene rings is 2. The molecule has 1 aromatic heterocycles. The van der Waals surface area contributed by atoms with E-state index in [0.717, 1.165) is 46.4 Å². The molecule has 5 rings (SSSR count).